The molecule has 0 unspecified atom stereocenters. The average molecular weight is 380 g/mol. The zero-order valence-electron chi connectivity index (χ0n) is 16.5. The van der Waals surface area contributed by atoms with Crippen LogP contribution in [0.25, 0.3) is 10.8 Å². The Morgan fingerprint density at radius 2 is 1.28 bits per heavy atom. The van der Waals surface area contributed by atoms with Crippen molar-refractivity contribution in [3.8, 4) is 0 Å². The molecule has 0 aliphatic rings. The van der Waals surface area contributed by atoms with Crippen LogP contribution in [0.2, 0.25) is 0 Å². The number of carbonyl (C=O) groups is 1. The molecule has 0 spiro atoms. The summed E-state index contributed by atoms with van der Waals surface area (Å²) in [6.45, 7) is 2.06. The lowest BCUT2D eigenvalue weighted by Gasteiger charge is -2.23. The lowest BCUT2D eigenvalue weighted by atomic mass is 9.91. The first-order valence-electron chi connectivity index (χ1n) is 10.1. The van der Waals surface area contributed by atoms with Crippen LogP contribution in [-0.4, -0.2) is 5.97 Å². The molecule has 0 aliphatic heterocycles. The number of carbonyl (C=O) groups excluding carboxylic acids is 1. The average Bonchev–Trinajstić information content (AvgIpc) is 2.79. The van der Waals surface area contributed by atoms with Gasteiger partial charge in [-0.05, 0) is 28.3 Å². The first-order valence-corrected chi connectivity index (χ1v) is 10.1. The number of hydrogen-bond donors (Lipinski definition) is 0. The second-order valence-electron chi connectivity index (χ2n) is 7.16. The summed E-state index contributed by atoms with van der Waals surface area (Å²) in [4.78, 5) is 13.4. The first kappa shape index (κ1) is 18.9. The number of hydrogen-bond acceptors (Lipinski definition) is 2. The van der Waals surface area contributed by atoms with Gasteiger partial charge < -0.3 is 4.74 Å². The fourth-order valence-corrected chi connectivity index (χ4v) is 3.86. The van der Waals surface area contributed by atoms with Gasteiger partial charge in [0.2, 0.25) is 0 Å². The molecule has 0 radical (unpaired) electrons. The highest BCUT2D eigenvalue weighted by molar-refractivity contribution is 5.87. The maximum absolute atomic E-state index is 13.4. The highest BCUT2D eigenvalue weighted by Crippen LogP contribution is 2.33. The molecule has 0 heterocycles. The molecule has 0 N–H and O–H groups in total. The third kappa shape index (κ3) is 4.07. The molecular formula is C27H24O2. The number of rotatable bonds is 6. The predicted molar refractivity (Wildman–Crippen MR) is 118 cm³/mol. The largest absolute Gasteiger partial charge is 0.457 e. The van der Waals surface area contributed by atoms with Crippen LogP contribution in [0, 0.1) is 0 Å². The van der Waals surface area contributed by atoms with Crippen LogP contribution in [0.5, 0.6) is 0 Å². The maximum atomic E-state index is 13.4. The Kier molecular flexibility index (Phi) is 5.71. The Morgan fingerprint density at radius 1 is 0.724 bits per heavy atom. The van der Waals surface area contributed by atoms with Gasteiger partial charge in [0.05, 0.1) is 0 Å². The van der Waals surface area contributed by atoms with E-state index in [-0.39, 0.29) is 12.1 Å². The summed E-state index contributed by atoms with van der Waals surface area (Å²) in [5.74, 6) is -0.663. The van der Waals surface area contributed by atoms with E-state index in [1.165, 1.54) is 0 Å². The van der Waals surface area contributed by atoms with E-state index in [1.54, 1.807) is 0 Å². The van der Waals surface area contributed by atoms with E-state index in [0.29, 0.717) is 0 Å². The van der Waals surface area contributed by atoms with E-state index in [0.717, 1.165) is 33.9 Å². The van der Waals surface area contributed by atoms with Crippen LogP contribution in [0.3, 0.4) is 0 Å². The Bertz CT molecular complexity index is 1040. The van der Waals surface area contributed by atoms with Crippen LogP contribution in [-0.2, 0) is 9.53 Å². The predicted octanol–water partition coefficient (Wildman–Crippen LogP) is 6.67. The summed E-state index contributed by atoms with van der Waals surface area (Å²) in [5.41, 5.74) is 2.94. The molecule has 0 saturated heterocycles. The molecule has 0 saturated carbocycles. The molecule has 4 aromatic rings. The number of ether oxygens (including phenoxy) is 1. The van der Waals surface area contributed by atoms with Gasteiger partial charge in [0, 0.05) is 5.56 Å². The van der Waals surface area contributed by atoms with Crippen LogP contribution < -0.4 is 0 Å². The zero-order valence-corrected chi connectivity index (χ0v) is 16.5. The van der Waals surface area contributed by atoms with E-state index < -0.39 is 5.92 Å². The summed E-state index contributed by atoms with van der Waals surface area (Å²) in [7, 11) is 0. The van der Waals surface area contributed by atoms with Gasteiger partial charge in [0.25, 0.3) is 0 Å². The third-order valence-corrected chi connectivity index (χ3v) is 5.30. The SMILES string of the molecule is CC[C@@H](OC(=O)C(c1ccccc1)c1ccccc1)c1cccc2ccccc12. The second kappa shape index (κ2) is 8.74. The van der Waals surface area contributed by atoms with Gasteiger partial charge in [0.1, 0.15) is 12.0 Å². The van der Waals surface area contributed by atoms with Gasteiger partial charge in [-0.2, -0.15) is 0 Å². The van der Waals surface area contributed by atoms with E-state index >= 15 is 0 Å². The molecule has 144 valence electrons. The first-order chi connectivity index (χ1) is 14.3. The van der Waals surface area contributed by atoms with Crippen molar-refractivity contribution >= 4 is 16.7 Å². The minimum absolute atomic E-state index is 0.220. The summed E-state index contributed by atoms with van der Waals surface area (Å²) in [6.07, 6.45) is 0.430. The van der Waals surface area contributed by atoms with Gasteiger partial charge in [-0.3, -0.25) is 4.79 Å². The molecular weight excluding hydrogens is 356 g/mol. The lowest BCUT2D eigenvalue weighted by Crippen LogP contribution is -2.20. The molecule has 0 aromatic heterocycles. The molecule has 4 aromatic carbocycles. The van der Waals surface area contributed by atoms with E-state index in [2.05, 4.69) is 31.2 Å². The van der Waals surface area contributed by atoms with Crippen molar-refractivity contribution in [1.82, 2.24) is 0 Å². The fraction of sp³-hybridized carbons (Fsp3) is 0.148. The minimum atomic E-state index is -0.443. The standard InChI is InChI=1S/C27H24O2/c1-2-25(24-19-11-17-20-12-9-10-18-23(20)24)29-27(28)26(21-13-5-3-6-14-21)22-15-7-4-8-16-22/h3-19,25-26H,2H2,1H3/t25-/m1/s1. The molecule has 4 rings (SSSR count). The fourth-order valence-electron chi connectivity index (χ4n) is 3.86. The van der Waals surface area contributed by atoms with Crippen molar-refractivity contribution < 1.29 is 9.53 Å². The third-order valence-electron chi connectivity index (χ3n) is 5.30. The Labute approximate surface area is 171 Å². The number of benzene rings is 4. The molecule has 29 heavy (non-hydrogen) atoms. The van der Waals surface area contributed by atoms with Crippen molar-refractivity contribution in [3.05, 3.63) is 120 Å². The lowest BCUT2D eigenvalue weighted by molar-refractivity contribution is -0.150. The zero-order chi connectivity index (χ0) is 20.1. The minimum Gasteiger partial charge on any atom is -0.457 e. The Morgan fingerprint density at radius 3 is 1.90 bits per heavy atom. The van der Waals surface area contributed by atoms with Crippen molar-refractivity contribution in [1.29, 1.82) is 0 Å². The van der Waals surface area contributed by atoms with E-state index in [1.807, 2.05) is 78.9 Å². The van der Waals surface area contributed by atoms with Crippen molar-refractivity contribution in [3.63, 3.8) is 0 Å². The van der Waals surface area contributed by atoms with Crippen molar-refractivity contribution in [2.75, 3.05) is 0 Å². The highest BCUT2D eigenvalue weighted by Gasteiger charge is 2.27. The molecule has 0 bridgehead atoms. The summed E-state index contributed by atoms with van der Waals surface area (Å²) in [5, 5.41) is 2.28. The molecule has 1 atom stereocenters. The summed E-state index contributed by atoms with van der Waals surface area (Å²) in [6, 6.07) is 34.1. The quantitative estimate of drug-likeness (QED) is 0.349. The van der Waals surface area contributed by atoms with Gasteiger partial charge in [-0.1, -0.05) is 110 Å². The van der Waals surface area contributed by atoms with Crippen LogP contribution in [0.4, 0.5) is 0 Å². The topological polar surface area (TPSA) is 26.3 Å². The summed E-state index contributed by atoms with van der Waals surface area (Å²) < 4.78 is 6.13. The molecule has 0 aliphatic carbocycles. The highest BCUT2D eigenvalue weighted by atomic mass is 16.5. The van der Waals surface area contributed by atoms with Crippen LogP contribution in [0.1, 0.15) is 42.1 Å². The van der Waals surface area contributed by atoms with Crippen LogP contribution >= 0.6 is 0 Å². The smallest absolute Gasteiger partial charge is 0.318 e. The van der Waals surface area contributed by atoms with Gasteiger partial charge in [-0.25, -0.2) is 0 Å². The van der Waals surface area contributed by atoms with Crippen LogP contribution in [0.15, 0.2) is 103 Å². The van der Waals surface area contributed by atoms with E-state index in [9.17, 15) is 4.79 Å². The normalized spacial score (nSPS) is 12.1. The Balaban J connectivity index is 1.69. The van der Waals surface area contributed by atoms with E-state index in [4.69, 9.17) is 4.74 Å². The molecule has 2 nitrogen and oxygen atoms in total. The molecule has 2 heteroatoms. The monoisotopic (exact) mass is 380 g/mol. The number of fused-ring (bicyclic) bond motifs is 1. The van der Waals surface area contributed by atoms with Gasteiger partial charge in [0.15, 0.2) is 0 Å². The van der Waals surface area contributed by atoms with Crippen molar-refractivity contribution in [2.45, 2.75) is 25.4 Å². The van der Waals surface area contributed by atoms with Gasteiger partial charge in [-0.15, -0.1) is 0 Å². The van der Waals surface area contributed by atoms with Gasteiger partial charge >= 0.3 is 5.97 Å². The molecule has 0 fully saturated rings. The second-order valence-corrected chi connectivity index (χ2v) is 7.16. The maximum Gasteiger partial charge on any atom is 0.318 e. The van der Waals surface area contributed by atoms with Crippen molar-refractivity contribution in [2.24, 2.45) is 0 Å². The Hall–Kier alpha value is -3.39. The number of esters is 1. The molecule has 0 amide bonds. The summed E-state index contributed by atoms with van der Waals surface area (Å²) >= 11 is 0.